The van der Waals surface area contributed by atoms with Gasteiger partial charge in [0.05, 0.1) is 17.2 Å². The summed E-state index contributed by atoms with van der Waals surface area (Å²) in [5.74, 6) is 0.898. The Kier molecular flexibility index (Phi) is 3.38. The number of aromatic nitrogens is 2. The second kappa shape index (κ2) is 4.71. The van der Waals surface area contributed by atoms with Gasteiger partial charge < -0.3 is 5.32 Å². The van der Waals surface area contributed by atoms with Gasteiger partial charge in [-0.15, -0.1) is 0 Å². The van der Waals surface area contributed by atoms with Crippen molar-refractivity contribution in [2.24, 2.45) is 18.4 Å². The maximum absolute atomic E-state index is 11.8. The zero-order valence-electron chi connectivity index (χ0n) is 11.8. The van der Waals surface area contributed by atoms with E-state index >= 15 is 0 Å². The van der Waals surface area contributed by atoms with Crippen molar-refractivity contribution in [1.29, 1.82) is 0 Å². The van der Waals surface area contributed by atoms with E-state index in [0.29, 0.717) is 16.7 Å². The fraction of sp³-hybridized carbons (Fsp3) is 0.769. The van der Waals surface area contributed by atoms with E-state index in [1.165, 1.54) is 0 Å². The first-order valence-corrected chi connectivity index (χ1v) is 9.12. The van der Waals surface area contributed by atoms with E-state index in [1.807, 2.05) is 14.0 Å². The van der Waals surface area contributed by atoms with Crippen LogP contribution >= 0.6 is 11.6 Å². The van der Waals surface area contributed by atoms with E-state index in [1.54, 1.807) is 4.68 Å². The van der Waals surface area contributed by atoms with Gasteiger partial charge in [0.15, 0.2) is 9.84 Å². The summed E-state index contributed by atoms with van der Waals surface area (Å²) >= 11 is 6.33. The summed E-state index contributed by atoms with van der Waals surface area (Å²) in [6.45, 7) is 3.71. The van der Waals surface area contributed by atoms with Crippen molar-refractivity contribution < 1.29 is 8.42 Å². The summed E-state index contributed by atoms with van der Waals surface area (Å²) < 4.78 is 25.2. The summed E-state index contributed by atoms with van der Waals surface area (Å²) in [6.07, 6.45) is 1.60. The Bertz CT molecular complexity index is 634. The summed E-state index contributed by atoms with van der Waals surface area (Å²) in [6, 6.07) is 0. The lowest BCUT2D eigenvalue weighted by molar-refractivity contribution is 0.0923. The van der Waals surface area contributed by atoms with E-state index in [2.05, 4.69) is 10.4 Å². The van der Waals surface area contributed by atoms with Crippen LogP contribution in [0.4, 0.5) is 0 Å². The average Bonchev–Trinajstić information content (AvgIpc) is 2.77. The lowest BCUT2D eigenvalue weighted by Gasteiger charge is -2.47. The number of sulfone groups is 1. The Labute approximate surface area is 124 Å². The molecule has 5 nitrogen and oxygen atoms in total. The van der Waals surface area contributed by atoms with Crippen LogP contribution in [0.1, 0.15) is 17.7 Å². The van der Waals surface area contributed by atoms with Crippen LogP contribution in [0.2, 0.25) is 5.15 Å². The maximum Gasteiger partial charge on any atom is 0.150 e. The van der Waals surface area contributed by atoms with E-state index in [-0.39, 0.29) is 11.3 Å². The second-order valence-corrected chi connectivity index (χ2v) is 8.81. The Morgan fingerprint density at radius 3 is 2.60 bits per heavy atom. The topological polar surface area (TPSA) is 64.0 Å². The third-order valence-corrected chi connectivity index (χ3v) is 7.09. The number of hydrogen-bond donors (Lipinski definition) is 1. The van der Waals surface area contributed by atoms with Gasteiger partial charge >= 0.3 is 0 Å². The van der Waals surface area contributed by atoms with Gasteiger partial charge in [-0.25, -0.2) is 8.42 Å². The highest BCUT2D eigenvalue weighted by Crippen LogP contribution is 2.43. The van der Waals surface area contributed by atoms with Gasteiger partial charge in [-0.1, -0.05) is 11.6 Å². The quantitative estimate of drug-likeness (QED) is 0.901. The first kappa shape index (κ1) is 14.4. The largest absolute Gasteiger partial charge is 0.315 e. The van der Waals surface area contributed by atoms with Crippen molar-refractivity contribution in [3.05, 3.63) is 16.4 Å². The zero-order chi connectivity index (χ0) is 14.5. The molecule has 2 fully saturated rings. The molecule has 1 aromatic heterocycles. The average molecular weight is 318 g/mol. The molecular weight excluding hydrogens is 298 g/mol. The molecule has 0 spiro atoms. The number of aryl methyl sites for hydroxylation is 2. The fourth-order valence-electron chi connectivity index (χ4n) is 3.51. The molecule has 1 N–H and O–H groups in total. The van der Waals surface area contributed by atoms with Gasteiger partial charge in [-0.2, -0.15) is 5.10 Å². The van der Waals surface area contributed by atoms with Crippen LogP contribution in [-0.2, 0) is 23.3 Å². The second-order valence-electron chi connectivity index (χ2n) is 6.22. The predicted molar refractivity (Wildman–Crippen MR) is 78.7 cm³/mol. The first-order chi connectivity index (χ1) is 9.33. The van der Waals surface area contributed by atoms with Crippen molar-refractivity contribution >= 4 is 21.4 Å². The van der Waals surface area contributed by atoms with Gasteiger partial charge in [-0.05, 0) is 25.7 Å². The molecule has 3 heterocycles. The van der Waals surface area contributed by atoms with Crippen molar-refractivity contribution in [3.63, 3.8) is 0 Å². The first-order valence-electron chi connectivity index (χ1n) is 6.92. The highest BCUT2D eigenvalue weighted by Gasteiger charge is 2.49. The van der Waals surface area contributed by atoms with Crippen LogP contribution in [0.15, 0.2) is 0 Å². The molecule has 0 aromatic carbocycles. The van der Waals surface area contributed by atoms with Crippen LogP contribution in [0, 0.1) is 18.3 Å². The summed E-state index contributed by atoms with van der Waals surface area (Å²) in [5.41, 5.74) is 2.05. The SMILES string of the molecule is Cc1nn(C)c(Cl)c1CC1(C2CCS(=O)(=O)C2)CNC1. The lowest BCUT2D eigenvalue weighted by Crippen LogP contribution is -2.59. The zero-order valence-corrected chi connectivity index (χ0v) is 13.4. The number of hydrogen-bond acceptors (Lipinski definition) is 4. The van der Waals surface area contributed by atoms with Gasteiger partial charge in [0, 0.05) is 31.1 Å². The Morgan fingerprint density at radius 2 is 2.20 bits per heavy atom. The van der Waals surface area contributed by atoms with Gasteiger partial charge in [0.1, 0.15) is 5.15 Å². The van der Waals surface area contributed by atoms with Crippen molar-refractivity contribution in [3.8, 4) is 0 Å². The molecule has 112 valence electrons. The highest BCUT2D eigenvalue weighted by atomic mass is 35.5. The van der Waals surface area contributed by atoms with Gasteiger partial charge in [-0.3, -0.25) is 4.68 Å². The van der Waals surface area contributed by atoms with Gasteiger partial charge in [0.25, 0.3) is 0 Å². The number of nitrogens with one attached hydrogen (secondary N) is 1. The van der Waals surface area contributed by atoms with Gasteiger partial charge in [0.2, 0.25) is 0 Å². The van der Waals surface area contributed by atoms with Crippen LogP contribution in [0.25, 0.3) is 0 Å². The summed E-state index contributed by atoms with van der Waals surface area (Å²) in [7, 11) is -1.01. The number of halogens is 1. The van der Waals surface area contributed by atoms with Crippen LogP contribution in [0.3, 0.4) is 0 Å². The smallest absolute Gasteiger partial charge is 0.150 e. The Hall–Kier alpha value is -0.590. The van der Waals surface area contributed by atoms with Crippen molar-refractivity contribution in [1.82, 2.24) is 15.1 Å². The molecule has 20 heavy (non-hydrogen) atoms. The van der Waals surface area contributed by atoms with Crippen LogP contribution in [-0.4, -0.2) is 42.8 Å². The number of nitrogens with zero attached hydrogens (tertiary/aromatic N) is 2. The molecule has 0 bridgehead atoms. The molecule has 0 aliphatic carbocycles. The fourth-order valence-corrected chi connectivity index (χ4v) is 5.69. The van der Waals surface area contributed by atoms with Crippen LogP contribution in [0.5, 0.6) is 0 Å². The minimum absolute atomic E-state index is 0.0288. The predicted octanol–water partition coefficient (Wildman–Crippen LogP) is 0.949. The molecule has 2 saturated heterocycles. The third-order valence-electron chi connectivity index (χ3n) is 4.85. The Morgan fingerprint density at radius 1 is 1.50 bits per heavy atom. The minimum Gasteiger partial charge on any atom is -0.315 e. The lowest BCUT2D eigenvalue weighted by atomic mass is 9.67. The molecule has 7 heteroatoms. The molecule has 1 atom stereocenters. The summed E-state index contributed by atoms with van der Waals surface area (Å²) in [5, 5.41) is 8.34. The maximum atomic E-state index is 11.8. The standard InChI is InChI=1S/C13H20ClN3O2S/c1-9-11(12(14)17(2)16-9)5-13(7-15-8-13)10-3-4-20(18,19)6-10/h10,15H,3-8H2,1-2H3. The van der Waals surface area contributed by atoms with Crippen LogP contribution < -0.4 is 5.32 Å². The molecular formula is C13H20ClN3O2S. The molecule has 0 saturated carbocycles. The molecule has 1 unspecified atom stereocenters. The van der Waals surface area contributed by atoms with E-state index in [9.17, 15) is 8.42 Å². The van der Waals surface area contributed by atoms with Crippen molar-refractivity contribution in [2.75, 3.05) is 24.6 Å². The van der Waals surface area contributed by atoms with E-state index in [4.69, 9.17) is 11.6 Å². The normalized spacial score (nSPS) is 27.4. The summed E-state index contributed by atoms with van der Waals surface area (Å²) in [4.78, 5) is 0. The molecule has 3 rings (SSSR count). The van der Waals surface area contributed by atoms with E-state index < -0.39 is 9.84 Å². The molecule has 1 aromatic rings. The number of rotatable bonds is 3. The molecule has 0 radical (unpaired) electrons. The molecule has 2 aliphatic rings. The minimum atomic E-state index is -2.84. The van der Waals surface area contributed by atoms with Crippen molar-refractivity contribution in [2.45, 2.75) is 19.8 Å². The highest BCUT2D eigenvalue weighted by molar-refractivity contribution is 7.91. The Balaban J connectivity index is 1.87. The molecule has 2 aliphatic heterocycles. The van der Waals surface area contributed by atoms with E-state index in [0.717, 1.165) is 37.2 Å². The molecule has 0 amide bonds. The monoisotopic (exact) mass is 317 g/mol. The third kappa shape index (κ3) is 2.27.